The van der Waals surface area contributed by atoms with Gasteiger partial charge in [0.25, 0.3) is 0 Å². The zero-order valence-corrected chi connectivity index (χ0v) is 21.0. The molecule has 0 saturated heterocycles. The van der Waals surface area contributed by atoms with E-state index in [4.69, 9.17) is 0 Å². The second-order valence-electron chi connectivity index (χ2n) is 10.7. The highest BCUT2D eigenvalue weighted by atomic mass is 14.9. The molecule has 5 rings (SSSR count). The first-order valence-corrected chi connectivity index (χ1v) is 11.9. The number of pyridine rings is 1. The summed E-state index contributed by atoms with van der Waals surface area (Å²) in [6, 6.07) is 27.1. The van der Waals surface area contributed by atoms with Crippen molar-refractivity contribution < 1.29 is 4.57 Å². The first-order chi connectivity index (χ1) is 15.6. The third-order valence-corrected chi connectivity index (χ3v) is 7.85. The summed E-state index contributed by atoms with van der Waals surface area (Å²) in [5.41, 5.74) is 13.5. The fraction of sp³-hybridized carbons (Fsp3) is 0.281. The van der Waals surface area contributed by atoms with Crippen LogP contribution in [0, 0.1) is 13.8 Å². The van der Waals surface area contributed by atoms with Gasteiger partial charge in [0.05, 0.1) is 0 Å². The standard InChI is InChI=1S/C32H34N/c1-21-12-8-9-13-24(21)30-18-22(2)25(20-33(30)7)23-16-17-28-29(19-23)32(5,6)27-15-11-10-14-26(27)31(28,3)4/h8-20H,1-7H3/q+1. The number of aromatic nitrogens is 1. The monoisotopic (exact) mass is 432 g/mol. The van der Waals surface area contributed by atoms with Crippen LogP contribution in [-0.4, -0.2) is 0 Å². The molecule has 0 saturated carbocycles. The van der Waals surface area contributed by atoms with Gasteiger partial charge >= 0.3 is 0 Å². The zero-order valence-electron chi connectivity index (χ0n) is 21.0. The van der Waals surface area contributed by atoms with E-state index in [9.17, 15) is 0 Å². The summed E-state index contributed by atoms with van der Waals surface area (Å²) in [4.78, 5) is 0. The Hall–Kier alpha value is -3.19. The minimum absolute atomic E-state index is 0.00557. The van der Waals surface area contributed by atoms with E-state index in [2.05, 4.69) is 132 Å². The molecule has 33 heavy (non-hydrogen) atoms. The molecule has 1 heteroatoms. The molecule has 0 bridgehead atoms. The second-order valence-corrected chi connectivity index (χ2v) is 10.7. The van der Waals surface area contributed by atoms with Gasteiger partial charge in [-0.3, -0.25) is 0 Å². The average molecular weight is 433 g/mol. The predicted octanol–water partition coefficient (Wildman–Crippen LogP) is 7.43. The number of fused-ring (bicyclic) bond motifs is 2. The Labute approximate surface area is 198 Å². The molecule has 1 aliphatic carbocycles. The average Bonchev–Trinajstić information content (AvgIpc) is 2.80. The van der Waals surface area contributed by atoms with Gasteiger partial charge in [0.2, 0.25) is 5.69 Å². The molecule has 1 nitrogen and oxygen atoms in total. The first kappa shape index (κ1) is 21.6. The molecule has 1 heterocycles. The van der Waals surface area contributed by atoms with E-state index in [1.807, 2.05) is 0 Å². The van der Waals surface area contributed by atoms with Gasteiger partial charge in [0.15, 0.2) is 6.20 Å². The maximum absolute atomic E-state index is 2.45. The summed E-state index contributed by atoms with van der Waals surface area (Å²) in [5.74, 6) is 0. The third kappa shape index (κ3) is 3.25. The van der Waals surface area contributed by atoms with Crippen LogP contribution in [0.5, 0.6) is 0 Å². The van der Waals surface area contributed by atoms with Crippen LogP contribution in [-0.2, 0) is 17.9 Å². The minimum atomic E-state index is -0.0331. The van der Waals surface area contributed by atoms with E-state index < -0.39 is 0 Å². The normalized spacial score (nSPS) is 15.6. The van der Waals surface area contributed by atoms with Crippen molar-refractivity contribution in [3.63, 3.8) is 0 Å². The highest BCUT2D eigenvalue weighted by Gasteiger charge is 2.41. The molecule has 4 aromatic rings. The fourth-order valence-corrected chi connectivity index (χ4v) is 5.82. The van der Waals surface area contributed by atoms with Crippen molar-refractivity contribution in [3.05, 3.63) is 112 Å². The molecule has 0 aliphatic heterocycles. The number of benzene rings is 3. The Balaban J connectivity index is 1.67. The lowest BCUT2D eigenvalue weighted by Crippen LogP contribution is -2.36. The molecule has 1 aliphatic rings. The lowest BCUT2D eigenvalue weighted by molar-refractivity contribution is -0.660. The molecule has 0 N–H and O–H groups in total. The number of rotatable bonds is 2. The maximum Gasteiger partial charge on any atom is 0.212 e. The van der Waals surface area contributed by atoms with Crippen molar-refractivity contribution in [2.45, 2.75) is 52.4 Å². The van der Waals surface area contributed by atoms with E-state index in [1.54, 1.807) is 0 Å². The Morgan fingerprint density at radius 3 is 1.82 bits per heavy atom. The Bertz CT molecular complexity index is 1390. The summed E-state index contributed by atoms with van der Waals surface area (Å²) in [5, 5.41) is 0. The number of hydrogen-bond acceptors (Lipinski definition) is 0. The van der Waals surface area contributed by atoms with Gasteiger partial charge in [0, 0.05) is 28.0 Å². The van der Waals surface area contributed by atoms with Crippen molar-refractivity contribution in [2.24, 2.45) is 7.05 Å². The van der Waals surface area contributed by atoms with Gasteiger partial charge in [-0.25, -0.2) is 4.57 Å². The topological polar surface area (TPSA) is 3.88 Å². The highest BCUT2D eigenvalue weighted by molar-refractivity contribution is 5.72. The van der Waals surface area contributed by atoms with Gasteiger partial charge in [-0.15, -0.1) is 0 Å². The quantitative estimate of drug-likeness (QED) is 0.290. The summed E-state index contributed by atoms with van der Waals surface area (Å²) in [6.07, 6.45) is 2.30. The Morgan fingerprint density at radius 1 is 0.576 bits per heavy atom. The van der Waals surface area contributed by atoms with Crippen LogP contribution in [0.25, 0.3) is 22.4 Å². The molecule has 1 aromatic heterocycles. The second kappa shape index (κ2) is 7.42. The van der Waals surface area contributed by atoms with Crippen molar-refractivity contribution >= 4 is 0 Å². The molecule has 0 radical (unpaired) electrons. The molecule has 0 unspecified atom stereocenters. The van der Waals surface area contributed by atoms with Crippen molar-refractivity contribution in [1.29, 1.82) is 0 Å². The van der Waals surface area contributed by atoms with Gasteiger partial charge in [-0.1, -0.05) is 82.3 Å². The Morgan fingerprint density at radius 2 is 1.15 bits per heavy atom. The molecule has 3 aromatic carbocycles. The van der Waals surface area contributed by atoms with Gasteiger partial charge < -0.3 is 0 Å². The van der Waals surface area contributed by atoms with E-state index >= 15 is 0 Å². The summed E-state index contributed by atoms with van der Waals surface area (Å²) < 4.78 is 2.27. The molecule has 0 spiro atoms. The van der Waals surface area contributed by atoms with Crippen LogP contribution in [0.4, 0.5) is 0 Å². The van der Waals surface area contributed by atoms with Crippen molar-refractivity contribution in [2.75, 3.05) is 0 Å². The lowest BCUT2D eigenvalue weighted by atomic mass is 9.60. The largest absolute Gasteiger partial charge is 0.212 e. The molecule has 0 atom stereocenters. The molecular formula is C32H34N+. The summed E-state index contributed by atoms with van der Waals surface area (Å²) >= 11 is 0. The molecule has 0 fully saturated rings. The molecular weight excluding hydrogens is 398 g/mol. The van der Waals surface area contributed by atoms with E-state index in [0.29, 0.717) is 0 Å². The van der Waals surface area contributed by atoms with Crippen LogP contribution in [0.15, 0.2) is 79.0 Å². The Kier molecular flexibility index (Phi) is 4.86. The number of aryl methyl sites for hydroxylation is 3. The van der Waals surface area contributed by atoms with Crippen LogP contribution < -0.4 is 4.57 Å². The molecule has 166 valence electrons. The number of hydrogen-bond donors (Lipinski definition) is 0. The first-order valence-electron chi connectivity index (χ1n) is 11.9. The van der Waals surface area contributed by atoms with E-state index in [-0.39, 0.29) is 10.8 Å². The van der Waals surface area contributed by atoms with Gasteiger partial charge in [0.1, 0.15) is 7.05 Å². The minimum Gasteiger partial charge on any atom is -0.200 e. The van der Waals surface area contributed by atoms with Crippen LogP contribution in [0.1, 0.15) is 61.1 Å². The maximum atomic E-state index is 2.45. The summed E-state index contributed by atoms with van der Waals surface area (Å²) in [7, 11) is 2.16. The van der Waals surface area contributed by atoms with E-state index in [1.165, 1.54) is 55.8 Å². The fourth-order valence-electron chi connectivity index (χ4n) is 5.82. The van der Waals surface area contributed by atoms with Crippen molar-refractivity contribution in [1.82, 2.24) is 0 Å². The molecule has 0 amide bonds. The zero-order chi connectivity index (χ0) is 23.5. The van der Waals surface area contributed by atoms with Crippen LogP contribution >= 0.6 is 0 Å². The van der Waals surface area contributed by atoms with Crippen molar-refractivity contribution in [3.8, 4) is 22.4 Å². The number of nitrogens with zero attached hydrogens (tertiary/aromatic N) is 1. The van der Waals surface area contributed by atoms with Gasteiger partial charge in [-0.05, 0) is 64.9 Å². The predicted molar refractivity (Wildman–Crippen MR) is 139 cm³/mol. The van der Waals surface area contributed by atoms with Gasteiger partial charge in [-0.2, -0.15) is 0 Å². The third-order valence-electron chi connectivity index (χ3n) is 7.85. The SMILES string of the molecule is Cc1cc(-c2ccccc2C)[n+](C)cc1-c1ccc2c(c1)C(C)(C)c1ccccc1C2(C)C. The lowest BCUT2D eigenvalue weighted by Gasteiger charge is -2.44. The smallest absolute Gasteiger partial charge is 0.200 e. The highest BCUT2D eigenvalue weighted by Crippen LogP contribution is 2.50. The van der Waals surface area contributed by atoms with E-state index in [0.717, 1.165) is 0 Å². The van der Waals surface area contributed by atoms with Crippen LogP contribution in [0.2, 0.25) is 0 Å². The summed E-state index contributed by atoms with van der Waals surface area (Å²) in [6.45, 7) is 13.9. The van der Waals surface area contributed by atoms with Crippen LogP contribution in [0.3, 0.4) is 0 Å².